The zero-order valence-corrected chi connectivity index (χ0v) is 18.3. The van der Waals surface area contributed by atoms with Crippen LogP contribution in [0.3, 0.4) is 0 Å². The van der Waals surface area contributed by atoms with Crippen molar-refractivity contribution in [3.8, 4) is 0 Å². The molecule has 0 amide bonds. The number of hydrogen-bond donors (Lipinski definition) is 2. The maximum absolute atomic E-state index is 4.67. The van der Waals surface area contributed by atoms with E-state index in [1.165, 1.54) is 25.7 Å². The number of aromatic nitrogens is 1. The van der Waals surface area contributed by atoms with Crippen molar-refractivity contribution in [1.29, 1.82) is 0 Å². The first-order valence-electron chi connectivity index (χ1n) is 9.41. The Morgan fingerprint density at radius 1 is 1.24 bits per heavy atom. The number of pyridine rings is 1. The van der Waals surface area contributed by atoms with E-state index in [-0.39, 0.29) is 24.0 Å². The lowest BCUT2D eigenvalue weighted by atomic mass is 10.1. The molecule has 5 nitrogen and oxygen atoms in total. The molecule has 0 radical (unpaired) electrons. The topological polar surface area (TPSA) is 52.6 Å². The van der Waals surface area contributed by atoms with Gasteiger partial charge in [0.15, 0.2) is 5.96 Å². The van der Waals surface area contributed by atoms with Crippen molar-refractivity contribution in [2.75, 3.05) is 31.1 Å². The summed E-state index contributed by atoms with van der Waals surface area (Å²) < 4.78 is 0. The first-order valence-corrected chi connectivity index (χ1v) is 9.41. The van der Waals surface area contributed by atoms with Crippen LogP contribution in [0.1, 0.15) is 52.0 Å². The van der Waals surface area contributed by atoms with Crippen LogP contribution in [0.25, 0.3) is 0 Å². The molecule has 1 aromatic rings. The molecule has 2 N–H and O–H groups in total. The second kappa shape index (κ2) is 12.3. The maximum Gasteiger partial charge on any atom is 0.191 e. The highest BCUT2D eigenvalue weighted by Crippen LogP contribution is 2.17. The molecule has 0 spiro atoms. The quantitative estimate of drug-likeness (QED) is 0.269. The van der Waals surface area contributed by atoms with Crippen molar-refractivity contribution in [2.45, 2.75) is 53.0 Å². The Morgan fingerprint density at radius 2 is 2.00 bits per heavy atom. The SMILES string of the molecule is CCNC(=NCc1ccc(N2CCCC2)nc1)NCCCC(C)C.I. The van der Waals surface area contributed by atoms with E-state index >= 15 is 0 Å². The van der Waals surface area contributed by atoms with Gasteiger partial charge in [0.2, 0.25) is 0 Å². The van der Waals surface area contributed by atoms with Gasteiger partial charge in [-0.05, 0) is 50.2 Å². The smallest absolute Gasteiger partial charge is 0.191 e. The molecule has 2 heterocycles. The number of nitrogens with zero attached hydrogens (tertiary/aromatic N) is 3. The standard InChI is InChI=1S/C19H33N5.HI/c1-4-20-19(21-11-7-8-16(2)3)23-15-17-9-10-18(22-14-17)24-12-5-6-13-24;/h9-10,14,16H,4-8,11-13,15H2,1-3H3,(H2,20,21,23);1H. The molecule has 1 aromatic heterocycles. The van der Waals surface area contributed by atoms with Gasteiger partial charge in [-0.25, -0.2) is 9.98 Å². The van der Waals surface area contributed by atoms with E-state index in [1.54, 1.807) is 0 Å². The molecule has 0 aliphatic carbocycles. The van der Waals surface area contributed by atoms with Gasteiger partial charge in [0.1, 0.15) is 5.82 Å². The molecule has 0 unspecified atom stereocenters. The highest BCUT2D eigenvalue weighted by Gasteiger charge is 2.12. The van der Waals surface area contributed by atoms with E-state index in [0.29, 0.717) is 6.54 Å². The Morgan fingerprint density at radius 3 is 2.60 bits per heavy atom. The van der Waals surface area contributed by atoms with Crippen LogP contribution in [0.4, 0.5) is 5.82 Å². The Kier molecular flexibility index (Phi) is 10.8. The normalized spacial score (nSPS) is 14.6. The van der Waals surface area contributed by atoms with Crippen LogP contribution in [0.2, 0.25) is 0 Å². The van der Waals surface area contributed by atoms with Crippen molar-refractivity contribution >= 4 is 35.8 Å². The Bertz CT molecular complexity index is 495. The average molecular weight is 459 g/mol. The Labute approximate surface area is 170 Å². The number of guanidine groups is 1. The van der Waals surface area contributed by atoms with Crippen molar-refractivity contribution in [3.63, 3.8) is 0 Å². The molecule has 6 heteroatoms. The second-order valence-corrected chi connectivity index (χ2v) is 6.88. The summed E-state index contributed by atoms with van der Waals surface area (Å²) in [6, 6.07) is 4.27. The molecule has 1 fully saturated rings. The number of anilines is 1. The predicted molar refractivity (Wildman–Crippen MR) is 118 cm³/mol. The van der Waals surface area contributed by atoms with Gasteiger partial charge < -0.3 is 15.5 Å². The van der Waals surface area contributed by atoms with Crippen LogP contribution in [-0.2, 0) is 6.54 Å². The molecule has 142 valence electrons. The molecule has 0 bridgehead atoms. The third kappa shape index (κ3) is 8.25. The van der Waals surface area contributed by atoms with E-state index in [1.807, 2.05) is 6.20 Å². The number of aliphatic imine (C=N–C) groups is 1. The Hall–Kier alpha value is -1.05. The second-order valence-electron chi connectivity index (χ2n) is 6.88. The van der Waals surface area contributed by atoms with Gasteiger partial charge in [0, 0.05) is 32.4 Å². The van der Waals surface area contributed by atoms with Crippen LogP contribution in [-0.4, -0.2) is 37.1 Å². The Balaban J connectivity index is 0.00000312. The highest BCUT2D eigenvalue weighted by molar-refractivity contribution is 14.0. The fourth-order valence-corrected chi connectivity index (χ4v) is 2.87. The molecule has 0 saturated carbocycles. The zero-order chi connectivity index (χ0) is 17.2. The summed E-state index contributed by atoms with van der Waals surface area (Å²) in [7, 11) is 0. The first-order chi connectivity index (χ1) is 11.7. The summed E-state index contributed by atoms with van der Waals surface area (Å²) in [4.78, 5) is 11.6. The van der Waals surface area contributed by atoms with Gasteiger partial charge in [-0.3, -0.25) is 0 Å². The minimum absolute atomic E-state index is 0. The molecule has 0 aromatic carbocycles. The summed E-state index contributed by atoms with van der Waals surface area (Å²) in [5, 5.41) is 6.72. The van der Waals surface area contributed by atoms with Crippen molar-refractivity contribution in [1.82, 2.24) is 15.6 Å². The summed E-state index contributed by atoms with van der Waals surface area (Å²) in [5.41, 5.74) is 1.15. The van der Waals surface area contributed by atoms with Gasteiger partial charge in [-0.1, -0.05) is 19.9 Å². The van der Waals surface area contributed by atoms with Crippen LogP contribution < -0.4 is 15.5 Å². The van der Waals surface area contributed by atoms with E-state index in [2.05, 4.69) is 58.4 Å². The van der Waals surface area contributed by atoms with Gasteiger partial charge in [-0.15, -0.1) is 24.0 Å². The molecule has 1 aliphatic heterocycles. The fourth-order valence-electron chi connectivity index (χ4n) is 2.87. The third-order valence-corrected chi connectivity index (χ3v) is 4.25. The molecular formula is C19H34IN5. The minimum atomic E-state index is 0. The number of nitrogens with one attached hydrogen (secondary N) is 2. The lowest BCUT2D eigenvalue weighted by Crippen LogP contribution is -2.37. The van der Waals surface area contributed by atoms with Crippen LogP contribution >= 0.6 is 24.0 Å². The lowest BCUT2D eigenvalue weighted by molar-refractivity contribution is 0.549. The summed E-state index contributed by atoms with van der Waals surface area (Å²) >= 11 is 0. The monoisotopic (exact) mass is 459 g/mol. The number of halogens is 1. The molecular weight excluding hydrogens is 425 g/mol. The first kappa shape index (κ1) is 22.0. The fraction of sp³-hybridized carbons (Fsp3) is 0.684. The van der Waals surface area contributed by atoms with E-state index in [4.69, 9.17) is 0 Å². The van der Waals surface area contributed by atoms with Gasteiger partial charge in [-0.2, -0.15) is 0 Å². The van der Waals surface area contributed by atoms with Gasteiger partial charge in [0.05, 0.1) is 6.54 Å². The zero-order valence-electron chi connectivity index (χ0n) is 15.9. The molecule has 1 aliphatic rings. The third-order valence-electron chi connectivity index (χ3n) is 4.25. The largest absolute Gasteiger partial charge is 0.357 e. The summed E-state index contributed by atoms with van der Waals surface area (Å²) in [5.74, 6) is 2.75. The van der Waals surface area contributed by atoms with Crippen molar-refractivity contribution < 1.29 is 0 Å². The van der Waals surface area contributed by atoms with Crippen molar-refractivity contribution in [3.05, 3.63) is 23.9 Å². The minimum Gasteiger partial charge on any atom is -0.357 e. The van der Waals surface area contributed by atoms with Crippen LogP contribution in [0, 0.1) is 5.92 Å². The summed E-state index contributed by atoms with van der Waals surface area (Å²) in [6.07, 6.45) is 6.94. The molecule has 0 atom stereocenters. The highest BCUT2D eigenvalue weighted by atomic mass is 127. The van der Waals surface area contributed by atoms with Crippen LogP contribution in [0.5, 0.6) is 0 Å². The number of rotatable bonds is 8. The average Bonchev–Trinajstić information content (AvgIpc) is 3.11. The van der Waals surface area contributed by atoms with E-state index in [0.717, 1.165) is 49.4 Å². The van der Waals surface area contributed by atoms with Gasteiger partial charge >= 0.3 is 0 Å². The lowest BCUT2D eigenvalue weighted by Gasteiger charge is -2.16. The predicted octanol–water partition coefficient (Wildman–Crippen LogP) is 3.79. The maximum atomic E-state index is 4.67. The number of hydrogen-bond acceptors (Lipinski definition) is 3. The van der Waals surface area contributed by atoms with E-state index < -0.39 is 0 Å². The van der Waals surface area contributed by atoms with Gasteiger partial charge in [0.25, 0.3) is 0 Å². The van der Waals surface area contributed by atoms with Crippen LogP contribution in [0.15, 0.2) is 23.3 Å². The molecule has 1 saturated heterocycles. The van der Waals surface area contributed by atoms with E-state index in [9.17, 15) is 0 Å². The molecule has 25 heavy (non-hydrogen) atoms. The van der Waals surface area contributed by atoms with Crippen molar-refractivity contribution in [2.24, 2.45) is 10.9 Å². The molecule has 2 rings (SSSR count). The summed E-state index contributed by atoms with van der Waals surface area (Å²) in [6.45, 7) is 11.4.